The molecule has 2 nitrogen and oxygen atoms in total. The zero-order valence-corrected chi connectivity index (χ0v) is 9.03. The van der Waals surface area contributed by atoms with Gasteiger partial charge in [0.25, 0.3) is 0 Å². The predicted octanol–water partition coefficient (Wildman–Crippen LogP) is 3.02. The van der Waals surface area contributed by atoms with Crippen molar-refractivity contribution in [2.45, 2.75) is 19.8 Å². The first-order chi connectivity index (χ1) is 7.42. The Labute approximate surface area is 90.5 Å². The topological polar surface area (TPSA) is 18.5 Å². The first kappa shape index (κ1) is 10.2. The van der Waals surface area contributed by atoms with E-state index in [2.05, 4.69) is 18.2 Å². The van der Waals surface area contributed by atoms with Crippen LogP contribution in [0.15, 0.2) is 24.3 Å². The second-order valence-electron chi connectivity index (χ2n) is 3.52. The van der Waals surface area contributed by atoms with Crippen molar-refractivity contribution < 1.29 is 9.47 Å². The van der Waals surface area contributed by atoms with Crippen LogP contribution in [-0.4, -0.2) is 13.4 Å². The Morgan fingerprint density at radius 3 is 3.13 bits per heavy atom. The fourth-order valence-electron chi connectivity index (χ4n) is 1.75. The Morgan fingerprint density at radius 2 is 2.27 bits per heavy atom. The molecule has 0 saturated heterocycles. The summed E-state index contributed by atoms with van der Waals surface area (Å²) in [7, 11) is 0. The van der Waals surface area contributed by atoms with Gasteiger partial charge in [-0.1, -0.05) is 24.3 Å². The van der Waals surface area contributed by atoms with E-state index in [-0.39, 0.29) is 0 Å². The van der Waals surface area contributed by atoms with Crippen molar-refractivity contribution in [1.82, 2.24) is 0 Å². The van der Waals surface area contributed by atoms with E-state index in [0.29, 0.717) is 13.4 Å². The maximum atomic E-state index is 5.57. The fraction of sp³-hybridized carbons (Fsp3) is 0.385. The van der Waals surface area contributed by atoms with Gasteiger partial charge in [0.15, 0.2) is 6.79 Å². The van der Waals surface area contributed by atoms with Crippen LogP contribution < -0.4 is 4.74 Å². The van der Waals surface area contributed by atoms with E-state index >= 15 is 0 Å². The molecule has 1 aliphatic rings. The van der Waals surface area contributed by atoms with Crippen LogP contribution in [0.3, 0.4) is 0 Å². The lowest BCUT2D eigenvalue weighted by Crippen LogP contribution is -2.05. The summed E-state index contributed by atoms with van der Waals surface area (Å²) in [5.74, 6) is 0.928. The number of hydrogen-bond donors (Lipinski definition) is 0. The largest absolute Gasteiger partial charge is 0.467 e. The molecule has 1 aliphatic carbocycles. The number of aryl methyl sites for hydroxylation is 1. The molecule has 0 unspecified atom stereocenters. The van der Waals surface area contributed by atoms with Crippen LogP contribution >= 0.6 is 0 Å². The lowest BCUT2D eigenvalue weighted by Gasteiger charge is -2.15. The molecule has 2 heteroatoms. The van der Waals surface area contributed by atoms with Gasteiger partial charge < -0.3 is 9.47 Å². The van der Waals surface area contributed by atoms with Gasteiger partial charge in [0.2, 0.25) is 0 Å². The van der Waals surface area contributed by atoms with Crippen LogP contribution in [0.2, 0.25) is 0 Å². The van der Waals surface area contributed by atoms with Crippen LogP contribution in [0.4, 0.5) is 0 Å². The second-order valence-corrected chi connectivity index (χ2v) is 3.52. The Balaban J connectivity index is 2.14. The quantitative estimate of drug-likeness (QED) is 0.554. The van der Waals surface area contributed by atoms with E-state index in [1.165, 1.54) is 11.1 Å². The van der Waals surface area contributed by atoms with Gasteiger partial charge in [0.1, 0.15) is 5.75 Å². The summed E-state index contributed by atoms with van der Waals surface area (Å²) in [6, 6.07) is 6.19. The molecule has 0 saturated carbocycles. The van der Waals surface area contributed by atoms with Gasteiger partial charge in [0.05, 0.1) is 0 Å². The minimum Gasteiger partial charge on any atom is -0.467 e. The van der Waals surface area contributed by atoms with Gasteiger partial charge in [0, 0.05) is 12.2 Å². The molecule has 0 aliphatic heterocycles. The molecule has 0 amide bonds. The first-order valence-corrected chi connectivity index (χ1v) is 5.41. The minimum atomic E-state index is 0.334. The molecule has 80 valence electrons. The van der Waals surface area contributed by atoms with Gasteiger partial charge in [-0.15, -0.1) is 0 Å². The smallest absolute Gasteiger partial charge is 0.189 e. The highest BCUT2D eigenvalue weighted by molar-refractivity contribution is 5.63. The molecule has 0 N–H and O–H groups in total. The Hall–Kier alpha value is -1.28. The van der Waals surface area contributed by atoms with Crippen LogP contribution in [0.25, 0.3) is 6.08 Å². The van der Waals surface area contributed by atoms with Crippen LogP contribution in [0, 0.1) is 0 Å². The summed E-state index contributed by atoms with van der Waals surface area (Å²) >= 11 is 0. The summed E-state index contributed by atoms with van der Waals surface area (Å²) in [5.41, 5.74) is 2.58. The molecule has 0 atom stereocenters. The van der Waals surface area contributed by atoms with Gasteiger partial charge in [-0.05, 0) is 31.4 Å². The molecule has 0 bridgehead atoms. The molecule has 0 fully saturated rings. The number of benzene rings is 1. The highest BCUT2D eigenvalue weighted by atomic mass is 16.7. The molecule has 0 spiro atoms. The third-order valence-corrected chi connectivity index (χ3v) is 2.52. The van der Waals surface area contributed by atoms with Crippen molar-refractivity contribution in [2.24, 2.45) is 0 Å². The molecule has 15 heavy (non-hydrogen) atoms. The lowest BCUT2D eigenvalue weighted by molar-refractivity contribution is 0.0222. The predicted molar refractivity (Wildman–Crippen MR) is 60.9 cm³/mol. The average molecular weight is 204 g/mol. The van der Waals surface area contributed by atoms with E-state index in [1.54, 1.807) is 0 Å². The fourth-order valence-corrected chi connectivity index (χ4v) is 1.75. The van der Waals surface area contributed by atoms with Crippen LogP contribution in [-0.2, 0) is 11.2 Å². The average Bonchev–Trinajstić information content (AvgIpc) is 2.30. The number of rotatable bonds is 4. The zero-order chi connectivity index (χ0) is 10.5. The van der Waals surface area contributed by atoms with Gasteiger partial charge in [-0.3, -0.25) is 0 Å². The summed E-state index contributed by atoms with van der Waals surface area (Å²) in [6.45, 7) is 2.98. The van der Waals surface area contributed by atoms with Gasteiger partial charge in [-0.25, -0.2) is 0 Å². The molecular formula is C13H16O2. The highest BCUT2D eigenvalue weighted by Crippen LogP contribution is 2.28. The maximum Gasteiger partial charge on any atom is 0.189 e. The number of ether oxygens (including phenoxy) is 2. The second kappa shape index (κ2) is 4.99. The van der Waals surface area contributed by atoms with Crippen molar-refractivity contribution in [1.29, 1.82) is 0 Å². The maximum absolute atomic E-state index is 5.57. The summed E-state index contributed by atoms with van der Waals surface area (Å²) in [5, 5.41) is 0. The van der Waals surface area contributed by atoms with Crippen molar-refractivity contribution in [3.05, 3.63) is 35.4 Å². The minimum absolute atomic E-state index is 0.334. The monoisotopic (exact) mass is 204 g/mol. The van der Waals surface area contributed by atoms with Gasteiger partial charge in [-0.2, -0.15) is 0 Å². The Morgan fingerprint density at radius 1 is 1.33 bits per heavy atom. The first-order valence-electron chi connectivity index (χ1n) is 5.41. The van der Waals surface area contributed by atoms with Crippen LogP contribution in [0.5, 0.6) is 5.75 Å². The highest BCUT2D eigenvalue weighted by Gasteiger charge is 2.09. The van der Waals surface area contributed by atoms with Crippen molar-refractivity contribution in [2.75, 3.05) is 13.4 Å². The van der Waals surface area contributed by atoms with E-state index in [9.17, 15) is 0 Å². The molecule has 0 radical (unpaired) electrons. The molecule has 2 rings (SSSR count). The van der Waals surface area contributed by atoms with E-state index < -0.39 is 0 Å². The Bertz CT molecular complexity index is 356. The van der Waals surface area contributed by atoms with Crippen molar-refractivity contribution in [3.8, 4) is 5.75 Å². The lowest BCUT2D eigenvalue weighted by atomic mass is 9.97. The van der Waals surface area contributed by atoms with Gasteiger partial charge >= 0.3 is 0 Å². The Kier molecular flexibility index (Phi) is 3.41. The van der Waals surface area contributed by atoms with Crippen molar-refractivity contribution >= 4 is 6.08 Å². The summed E-state index contributed by atoms with van der Waals surface area (Å²) in [6.07, 6.45) is 6.57. The van der Waals surface area contributed by atoms with E-state index in [4.69, 9.17) is 9.47 Å². The van der Waals surface area contributed by atoms with Crippen molar-refractivity contribution in [3.63, 3.8) is 0 Å². The molecule has 0 aromatic heterocycles. The molecule has 1 aromatic rings. The zero-order valence-electron chi connectivity index (χ0n) is 9.03. The third kappa shape index (κ3) is 2.39. The molecule has 0 heterocycles. The normalized spacial score (nSPS) is 13.7. The number of fused-ring (bicyclic) bond motifs is 1. The SMILES string of the molecule is CCOCOc1cccc2c1C=CCC2. The standard InChI is InChI=1S/C13H16O2/c1-2-14-10-15-13-9-5-7-11-6-3-4-8-12(11)13/h4-5,7-9H,2-3,6,10H2,1H3. The van der Waals surface area contributed by atoms with E-state index in [1.807, 2.05) is 19.1 Å². The number of hydrogen-bond acceptors (Lipinski definition) is 2. The van der Waals surface area contributed by atoms with E-state index in [0.717, 1.165) is 18.6 Å². The molecule has 1 aromatic carbocycles. The summed E-state index contributed by atoms with van der Waals surface area (Å²) < 4.78 is 10.8. The molecular weight excluding hydrogens is 188 g/mol. The summed E-state index contributed by atoms with van der Waals surface area (Å²) in [4.78, 5) is 0. The third-order valence-electron chi connectivity index (χ3n) is 2.52. The van der Waals surface area contributed by atoms with Crippen LogP contribution in [0.1, 0.15) is 24.5 Å². The number of allylic oxidation sites excluding steroid dienone is 1.